The number of halogens is 10. The first-order valence-corrected chi connectivity index (χ1v) is 52.6. The number of hydrogen-bond acceptors (Lipinski definition) is 17. The van der Waals surface area contributed by atoms with Gasteiger partial charge in [0, 0.05) is 129 Å². The number of carboxylic acid groups (broad SMARTS) is 5. The van der Waals surface area contributed by atoms with Gasteiger partial charge in [0.1, 0.15) is 51.7 Å². The van der Waals surface area contributed by atoms with Crippen LogP contribution in [0.2, 0.25) is 5.02 Å². The van der Waals surface area contributed by atoms with Crippen LogP contribution in [0, 0.1) is 23.7 Å². The van der Waals surface area contributed by atoms with Gasteiger partial charge in [-0.05, 0) is 168 Å². The summed E-state index contributed by atoms with van der Waals surface area (Å²) >= 11 is 8.43. The molecule has 145 heavy (non-hydrogen) atoms. The first kappa shape index (κ1) is 113. The summed E-state index contributed by atoms with van der Waals surface area (Å²) in [5.74, 6) is -3.15. The number of alkyl halides is 9. The second kappa shape index (κ2) is 55.2. The van der Waals surface area contributed by atoms with Crippen LogP contribution in [0.4, 0.5) is 39.5 Å². The van der Waals surface area contributed by atoms with E-state index in [-0.39, 0.29) is 73.1 Å². The third kappa shape index (κ3) is 36.0. The molecule has 0 saturated carbocycles. The zero-order valence-electron chi connectivity index (χ0n) is 81.7. The molecular weight excluding hydrogens is 1950 g/mol. The number of aliphatic hydroxyl groups is 1. The average Bonchev–Trinajstić information content (AvgIpc) is 1.67. The number of β-amino-alcohol motifs (C(OH)–C–C–N with tert-alkyl or cyclic N) is 1. The molecule has 3 unspecified atom stereocenters. The number of unbranched alkanes of at least 4 members (excludes halogenated alkanes) is 12. The van der Waals surface area contributed by atoms with Crippen molar-refractivity contribution in [1.29, 1.82) is 0 Å². The Hall–Kier alpha value is -11.0. The van der Waals surface area contributed by atoms with Crippen LogP contribution < -0.4 is 14.2 Å². The maximum Gasteiger partial charge on any atom is 0.426 e. The minimum atomic E-state index is -4.46. The van der Waals surface area contributed by atoms with E-state index in [1.807, 2.05) is 52.3 Å². The number of benzene rings is 8. The fraction of sp³-hybridized carbons (Fsp3) is 0.425. The summed E-state index contributed by atoms with van der Waals surface area (Å²) in [6, 6.07) is 67.8. The molecule has 0 amide bonds. The molecule has 5 saturated heterocycles. The lowest BCUT2D eigenvalue weighted by Crippen LogP contribution is -2.49. The standard InChI is InChI=1S/C25H24F3NO3S.C24H21ClF3NO3S.C23H20F3NO3S.C21H33NO3.C20H31NO2/c26-25(27,28)24-22(19-4-2-1-3-5-19)13-21(33-24)16-32-20-8-6-17(7-9-20)14-29-11-10-18(15-29)12-23(30)31;25-20-10-15(12-29-9-8-17(13-29)23(30)31)6-7-21(20)32-14-18-11-19(16-4-2-1-3-5-16)22(33-18)24(26,27)28;24-23(25,26)21-20(16-4-2-1-3-5-16)10-19(31-21)14-30-18-8-6-15(7-9-18)11-27-12-17(13-27)22(28)29;1-2-3-4-5-6-7-8-9-18-10-12-19(13-11-18)16-22-15-14-21(25,17-22)20(23)24;1-2-3-4-5-6-7-8-9-17-10-12-18(13-11-17)14-21-15-19(16-21)20(22)23/h1-9,13,18H,10-12,14-16H2,(H,30,31);1-7,10-11,17H,8-9,12-14H2,(H,30,31);1-10,17H,11-14H2,(H,28,29);10-13,25H,2-9,14-17H2,1H3,(H,23,24);10-13,19H,2-9,14-16H2,1H3,(H,22,23). The van der Waals surface area contributed by atoms with Crippen LogP contribution in [-0.2, 0) is 108 Å². The number of hydrogen-bond donors (Lipinski definition) is 6. The van der Waals surface area contributed by atoms with E-state index in [2.05, 4.69) is 77.1 Å². The molecule has 0 spiro atoms. The van der Waals surface area contributed by atoms with Gasteiger partial charge in [-0.3, -0.25) is 43.7 Å². The van der Waals surface area contributed by atoms with E-state index < -0.39 is 68.6 Å². The Morgan fingerprint density at radius 2 is 0.703 bits per heavy atom. The summed E-state index contributed by atoms with van der Waals surface area (Å²) in [4.78, 5) is 64.8. The van der Waals surface area contributed by atoms with Crippen LogP contribution in [0.25, 0.3) is 33.4 Å². The molecule has 778 valence electrons. The second-order valence-electron chi connectivity index (χ2n) is 38.1. The largest absolute Gasteiger partial charge is 0.488 e. The van der Waals surface area contributed by atoms with Gasteiger partial charge >= 0.3 is 48.4 Å². The lowest BCUT2D eigenvalue weighted by molar-refractivity contribution is -0.157. The molecule has 8 aromatic carbocycles. The number of aliphatic carboxylic acids is 5. The van der Waals surface area contributed by atoms with E-state index in [4.69, 9.17) is 51.3 Å². The molecule has 5 aliphatic rings. The Labute approximate surface area is 859 Å². The highest BCUT2D eigenvalue weighted by molar-refractivity contribution is 7.13. The number of rotatable bonds is 44. The van der Waals surface area contributed by atoms with Crippen molar-refractivity contribution in [3.05, 3.63) is 298 Å². The number of nitrogens with zero attached hydrogens (tertiary/aromatic N) is 5. The van der Waals surface area contributed by atoms with Crippen molar-refractivity contribution in [3.8, 4) is 50.6 Å². The maximum absolute atomic E-state index is 13.6. The fourth-order valence-electron chi connectivity index (χ4n) is 18.3. The van der Waals surface area contributed by atoms with Gasteiger partial charge in [0.15, 0.2) is 5.60 Å². The molecule has 3 atom stereocenters. The average molecular weight is 2080 g/mol. The van der Waals surface area contributed by atoms with Gasteiger partial charge in [-0.1, -0.05) is 272 Å². The molecular formula is C113H129ClF9N5O14S3. The number of carbonyl (C=O) groups is 5. The van der Waals surface area contributed by atoms with Crippen molar-refractivity contribution in [2.75, 3.05) is 65.4 Å². The fourth-order valence-corrected chi connectivity index (χ4v) is 21.4. The minimum Gasteiger partial charge on any atom is -0.488 e. The van der Waals surface area contributed by atoms with Gasteiger partial charge in [0.2, 0.25) is 0 Å². The lowest BCUT2D eigenvalue weighted by atomic mass is 9.99. The number of aryl methyl sites for hydroxylation is 2. The highest BCUT2D eigenvalue weighted by atomic mass is 35.5. The SMILES string of the molecule is CCCCCCCCCc1ccc(CN2CC(C(=O)O)C2)cc1.CCCCCCCCCc1ccc(CN2CCC(O)(C(=O)O)C2)cc1.O=C(O)C1CCN(Cc2ccc(OCc3cc(-c4ccccc4)c(C(F)(F)F)s3)c(Cl)c2)C1.O=C(O)C1CN(Cc2ccc(OCc3cc(-c4ccccc4)c(C(F)(F)F)s3)cc2)C1.O=C(O)CC1CCN(Cc2ccc(OCc3cc(-c4ccccc4)c(C(F)(F)F)s3)cc2)C1. The molecule has 3 aromatic heterocycles. The van der Waals surface area contributed by atoms with E-state index in [0.29, 0.717) is 166 Å². The topological polar surface area (TPSA) is 251 Å². The van der Waals surface area contributed by atoms with E-state index >= 15 is 0 Å². The molecule has 8 heterocycles. The highest BCUT2D eigenvalue weighted by Gasteiger charge is 2.44. The third-order valence-electron chi connectivity index (χ3n) is 26.4. The first-order valence-electron chi connectivity index (χ1n) is 49.7. The monoisotopic (exact) mass is 2080 g/mol. The van der Waals surface area contributed by atoms with Crippen LogP contribution in [0.1, 0.15) is 198 Å². The number of ether oxygens (including phenoxy) is 3. The predicted molar refractivity (Wildman–Crippen MR) is 550 cm³/mol. The van der Waals surface area contributed by atoms with Gasteiger partial charge in [0.25, 0.3) is 0 Å². The third-order valence-corrected chi connectivity index (χ3v) is 30.1. The Bertz CT molecular complexity index is 5870. The van der Waals surface area contributed by atoms with Gasteiger partial charge in [-0.2, -0.15) is 39.5 Å². The van der Waals surface area contributed by atoms with Crippen molar-refractivity contribution >= 4 is 75.5 Å². The van der Waals surface area contributed by atoms with E-state index in [9.17, 15) is 68.6 Å². The maximum atomic E-state index is 13.6. The summed E-state index contributed by atoms with van der Waals surface area (Å²) in [7, 11) is 0. The van der Waals surface area contributed by atoms with Crippen LogP contribution >= 0.6 is 45.6 Å². The number of likely N-dealkylation sites (tertiary alicyclic amines) is 5. The molecule has 5 fully saturated rings. The normalized spacial score (nSPS) is 16.9. The summed E-state index contributed by atoms with van der Waals surface area (Å²) in [6.07, 6.45) is 9.84. The van der Waals surface area contributed by atoms with Crippen molar-refractivity contribution in [2.45, 2.75) is 219 Å². The van der Waals surface area contributed by atoms with Crippen LogP contribution in [0.3, 0.4) is 0 Å². The number of carboxylic acids is 5. The van der Waals surface area contributed by atoms with Gasteiger partial charge in [-0.15, -0.1) is 34.0 Å². The lowest BCUT2D eigenvalue weighted by Gasteiger charge is -2.36. The molecule has 5 aliphatic heterocycles. The van der Waals surface area contributed by atoms with Crippen molar-refractivity contribution in [2.24, 2.45) is 23.7 Å². The molecule has 19 nitrogen and oxygen atoms in total. The zero-order chi connectivity index (χ0) is 104. The smallest absolute Gasteiger partial charge is 0.426 e. The predicted octanol–water partition coefficient (Wildman–Crippen LogP) is 26.9. The van der Waals surface area contributed by atoms with Crippen molar-refractivity contribution < 1.29 is 108 Å². The van der Waals surface area contributed by atoms with Gasteiger partial charge < -0.3 is 44.8 Å². The molecule has 32 heteroatoms. The van der Waals surface area contributed by atoms with E-state index in [1.54, 1.807) is 127 Å². The quantitative estimate of drug-likeness (QED) is 0.0153. The summed E-state index contributed by atoms with van der Waals surface area (Å²) in [5.41, 5.74) is 8.76. The minimum absolute atomic E-state index is 0.0357. The van der Waals surface area contributed by atoms with Crippen LogP contribution in [-0.4, -0.2) is 156 Å². The summed E-state index contributed by atoms with van der Waals surface area (Å²) in [6.45, 7) is 14.3. The van der Waals surface area contributed by atoms with E-state index in [0.717, 1.165) is 55.7 Å². The Morgan fingerprint density at radius 1 is 0.372 bits per heavy atom. The molecule has 6 N–H and O–H groups in total. The van der Waals surface area contributed by atoms with Crippen molar-refractivity contribution in [3.63, 3.8) is 0 Å². The molecule has 0 bridgehead atoms. The van der Waals surface area contributed by atoms with Gasteiger partial charge in [-0.25, -0.2) is 4.79 Å². The summed E-state index contributed by atoms with van der Waals surface area (Å²) < 4.78 is 139. The van der Waals surface area contributed by atoms with Crippen LogP contribution in [0.15, 0.2) is 224 Å². The van der Waals surface area contributed by atoms with Crippen LogP contribution in [0.5, 0.6) is 17.2 Å². The second-order valence-corrected chi connectivity index (χ2v) is 41.9. The molecule has 16 rings (SSSR count). The van der Waals surface area contributed by atoms with E-state index in [1.165, 1.54) is 125 Å². The summed E-state index contributed by atoms with van der Waals surface area (Å²) in [5, 5.41) is 55.3. The Morgan fingerprint density at radius 3 is 1.06 bits per heavy atom. The zero-order valence-corrected chi connectivity index (χ0v) is 84.9. The Balaban J connectivity index is 0.000000163. The first-order chi connectivity index (χ1) is 69.5. The molecule has 0 aliphatic carbocycles. The number of thiophene rings is 3. The molecule has 11 aromatic rings. The van der Waals surface area contributed by atoms with Gasteiger partial charge in [0.05, 0.1) is 22.8 Å². The molecule has 0 radical (unpaired) electrons. The van der Waals surface area contributed by atoms with Crippen molar-refractivity contribution in [1.82, 2.24) is 24.5 Å². The highest BCUT2D eigenvalue weighted by Crippen LogP contribution is 2.47. The Kier molecular flexibility index (Phi) is 42.9.